The van der Waals surface area contributed by atoms with Crippen LogP contribution in [-0.4, -0.2) is 70.8 Å². The quantitative estimate of drug-likeness (QED) is 0.848. The van der Waals surface area contributed by atoms with Crippen molar-refractivity contribution in [2.75, 3.05) is 33.2 Å². The summed E-state index contributed by atoms with van der Waals surface area (Å²) in [6, 6.07) is 2.77. The largest absolute Gasteiger partial charge is 0.343 e. The molecule has 2 fully saturated rings. The van der Waals surface area contributed by atoms with E-state index in [-0.39, 0.29) is 0 Å². The van der Waals surface area contributed by atoms with E-state index in [1.807, 2.05) is 35.1 Å². The molecule has 1 N–H and O–H groups in total. The van der Waals surface area contributed by atoms with Crippen molar-refractivity contribution >= 4 is 5.91 Å². The van der Waals surface area contributed by atoms with Gasteiger partial charge in [0.1, 0.15) is 0 Å². The van der Waals surface area contributed by atoms with E-state index < -0.39 is 0 Å². The first-order chi connectivity index (χ1) is 11.2. The van der Waals surface area contributed by atoms with Gasteiger partial charge in [-0.25, -0.2) is 0 Å². The second-order valence-corrected chi connectivity index (χ2v) is 6.84. The molecule has 0 bridgehead atoms. The molecule has 0 saturated carbocycles. The van der Waals surface area contributed by atoms with Gasteiger partial charge in [0, 0.05) is 57.6 Å². The summed E-state index contributed by atoms with van der Waals surface area (Å²) in [5.41, 5.74) is 0. The lowest BCUT2D eigenvalue weighted by atomic mass is 10.0. The summed E-state index contributed by atoms with van der Waals surface area (Å²) in [5, 5.41) is 7.67. The molecule has 6 heteroatoms. The number of hydrogen-bond donors (Lipinski definition) is 1. The summed E-state index contributed by atoms with van der Waals surface area (Å²) in [4.78, 5) is 16.9. The summed E-state index contributed by atoms with van der Waals surface area (Å²) in [7, 11) is 1.99. The first-order valence-corrected chi connectivity index (χ1v) is 8.91. The first-order valence-electron chi connectivity index (χ1n) is 8.91. The molecule has 2 saturated heterocycles. The first kappa shape index (κ1) is 16.5. The Bertz CT molecular complexity index is 475. The van der Waals surface area contributed by atoms with E-state index in [4.69, 9.17) is 0 Å². The van der Waals surface area contributed by atoms with Crippen LogP contribution < -0.4 is 5.32 Å². The van der Waals surface area contributed by atoms with E-state index in [1.54, 1.807) is 0 Å². The van der Waals surface area contributed by atoms with Crippen molar-refractivity contribution in [3.8, 4) is 0 Å². The van der Waals surface area contributed by atoms with Crippen molar-refractivity contribution in [2.24, 2.45) is 0 Å². The molecule has 6 nitrogen and oxygen atoms in total. The molecule has 3 heterocycles. The molecule has 23 heavy (non-hydrogen) atoms. The van der Waals surface area contributed by atoms with E-state index >= 15 is 0 Å². The predicted octanol–water partition coefficient (Wildman–Crippen LogP) is 0.948. The molecular weight excluding hydrogens is 290 g/mol. The molecule has 1 unspecified atom stereocenters. The Hall–Kier alpha value is -1.40. The molecule has 1 aromatic rings. The minimum Gasteiger partial charge on any atom is -0.343 e. The fraction of sp³-hybridized carbons (Fsp3) is 0.765. The van der Waals surface area contributed by atoms with Crippen LogP contribution in [0.4, 0.5) is 0 Å². The molecule has 128 valence electrons. The number of carbonyl (C=O) groups excluding carboxylic acids is 1. The average molecular weight is 319 g/mol. The normalized spacial score (nSPS) is 23.3. The van der Waals surface area contributed by atoms with Gasteiger partial charge in [0.15, 0.2) is 0 Å². The maximum absolute atomic E-state index is 12.4. The van der Waals surface area contributed by atoms with Crippen LogP contribution in [-0.2, 0) is 11.3 Å². The van der Waals surface area contributed by atoms with E-state index in [0.717, 1.165) is 52.0 Å². The SMILES string of the molecule is CN(C(=O)CC1CCCN1)C1CCN(CCn2cccn2)CC1. The monoisotopic (exact) mass is 319 g/mol. The maximum atomic E-state index is 12.4. The molecular formula is C17H29N5O. The summed E-state index contributed by atoms with van der Waals surface area (Å²) < 4.78 is 1.98. The van der Waals surface area contributed by atoms with Crippen molar-refractivity contribution in [2.45, 2.75) is 50.7 Å². The zero-order valence-electron chi connectivity index (χ0n) is 14.2. The Morgan fingerprint density at radius 3 is 2.78 bits per heavy atom. The van der Waals surface area contributed by atoms with Gasteiger partial charge in [-0.2, -0.15) is 5.10 Å². The Balaban J connectivity index is 1.38. The lowest BCUT2D eigenvalue weighted by Crippen LogP contribution is -2.47. The van der Waals surface area contributed by atoms with Crippen LogP contribution >= 0.6 is 0 Å². The Morgan fingerprint density at radius 1 is 1.30 bits per heavy atom. The Labute approximate surface area is 138 Å². The minimum absolute atomic E-state index is 0.305. The number of carbonyl (C=O) groups is 1. The lowest BCUT2D eigenvalue weighted by molar-refractivity contribution is -0.133. The van der Waals surface area contributed by atoms with Crippen molar-refractivity contribution in [3.63, 3.8) is 0 Å². The van der Waals surface area contributed by atoms with E-state index in [0.29, 0.717) is 24.4 Å². The van der Waals surface area contributed by atoms with Crippen LogP contribution in [0, 0.1) is 0 Å². The molecule has 3 rings (SSSR count). The van der Waals surface area contributed by atoms with Crippen molar-refractivity contribution in [1.82, 2.24) is 24.9 Å². The molecule has 2 aliphatic rings. The number of rotatable bonds is 6. The van der Waals surface area contributed by atoms with Crippen molar-refractivity contribution in [1.29, 1.82) is 0 Å². The van der Waals surface area contributed by atoms with Gasteiger partial charge in [-0.15, -0.1) is 0 Å². The molecule has 0 aliphatic carbocycles. The van der Waals surface area contributed by atoms with Crippen molar-refractivity contribution in [3.05, 3.63) is 18.5 Å². The zero-order chi connectivity index (χ0) is 16.1. The fourth-order valence-electron chi connectivity index (χ4n) is 3.70. The van der Waals surface area contributed by atoms with Crippen LogP contribution in [0.3, 0.4) is 0 Å². The van der Waals surface area contributed by atoms with Gasteiger partial charge < -0.3 is 15.1 Å². The summed E-state index contributed by atoms with van der Waals surface area (Å²) >= 11 is 0. The van der Waals surface area contributed by atoms with Gasteiger partial charge in [0.05, 0.1) is 6.54 Å². The minimum atomic E-state index is 0.305. The summed E-state index contributed by atoms with van der Waals surface area (Å²) in [6.07, 6.45) is 9.01. The van der Waals surface area contributed by atoms with E-state index in [1.165, 1.54) is 6.42 Å². The fourth-order valence-corrected chi connectivity index (χ4v) is 3.70. The van der Waals surface area contributed by atoms with Gasteiger partial charge in [-0.05, 0) is 38.3 Å². The average Bonchev–Trinajstić information content (AvgIpc) is 3.26. The third kappa shape index (κ3) is 4.54. The maximum Gasteiger partial charge on any atom is 0.224 e. The molecule has 1 atom stereocenters. The molecule has 0 spiro atoms. The van der Waals surface area contributed by atoms with Crippen LogP contribution in [0.25, 0.3) is 0 Å². The Morgan fingerprint density at radius 2 is 2.13 bits per heavy atom. The number of amides is 1. The highest BCUT2D eigenvalue weighted by Gasteiger charge is 2.27. The highest BCUT2D eigenvalue weighted by Crippen LogP contribution is 2.18. The highest BCUT2D eigenvalue weighted by molar-refractivity contribution is 5.77. The second-order valence-electron chi connectivity index (χ2n) is 6.84. The second kappa shape index (κ2) is 7.93. The summed E-state index contributed by atoms with van der Waals surface area (Å²) in [6.45, 7) is 5.20. The van der Waals surface area contributed by atoms with Gasteiger partial charge >= 0.3 is 0 Å². The standard InChI is InChI=1S/C17H29N5O/c1-20(17(23)14-15-4-2-7-18-15)16-5-10-21(11-6-16)12-13-22-9-3-8-19-22/h3,8-9,15-16,18H,2,4-7,10-14H2,1H3. The van der Waals surface area contributed by atoms with Crippen molar-refractivity contribution < 1.29 is 4.79 Å². The molecule has 1 aromatic heterocycles. The number of aromatic nitrogens is 2. The number of nitrogens with one attached hydrogen (secondary N) is 1. The number of hydrogen-bond acceptors (Lipinski definition) is 4. The molecule has 1 amide bonds. The van der Waals surface area contributed by atoms with E-state index in [9.17, 15) is 4.79 Å². The van der Waals surface area contributed by atoms with Gasteiger partial charge in [0.25, 0.3) is 0 Å². The van der Waals surface area contributed by atoms with Crippen LogP contribution in [0.2, 0.25) is 0 Å². The number of nitrogens with zero attached hydrogens (tertiary/aromatic N) is 4. The third-order valence-corrected chi connectivity index (χ3v) is 5.29. The van der Waals surface area contributed by atoms with Gasteiger partial charge in [-0.1, -0.05) is 0 Å². The van der Waals surface area contributed by atoms with E-state index in [2.05, 4.69) is 15.3 Å². The lowest BCUT2D eigenvalue weighted by Gasteiger charge is -2.37. The number of likely N-dealkylation sites (tertiary alicyclic amines) is 1. The predicted molar refractivity (Wildman–Crippen MR) is 90.1 cm³/mol. The van der Waals surface area contributed by atoms with Gasteiger partial charge in [0.2, 0.25) is 5.91 Å². The van der Waals surface area contributed by atoms with Gasteiger partial charge in [-0.3, -0.25) is 9.48 Å². The highest BCUT2D eigenvalue weighted by atomic mass is 16.2. The van der Waals surface area contributed by atoms with Crippen LogP contribution in [0.5, 0.6) is 0 Å². The van der Waals surface area contributed by atoms with Crippen LogP contribution in [0.15, 0.2) is 18.5 Å². The zero-order valence-corrected chi connectivity index (χ0v) is 14.2. The Kier molecular flexibility index (Phi) is 5.67. The molecule has 2 aliphatic heterocycles. The topological polar surface area (TPSA) is 53.4 Å². The smallest absolute Gasteiger partial charge is 0.224 e. The molecule has 0 aromatic carbocycles. The van der Waals surface area contributed by atoms with Crippen LogP contribution in [0.1, 0.15) is 32.1 Å². The summed E-state index contributed by atoms with van der Waals surface area (Å²) in [5.74, 6) is 0.305. The molecule has 0 radical (unpaired) electrons. The third-order valence-electron chi connectivity index (χ3n) is 5.29. The number of piperidine rings is 1.